The summed E-state index contributed by atoms with van der Waals surface area (Å²) in [5.41, 5.74) is 11.9. The summed E-state index contributed by atoms with van der Waals surface area (Å²) < 4.78 is 5.99. The lowest BCUT2D eigenvalue weighted by atomic mass is 10.0. The van der Waals surface area contributed by atoms with Gasteiger partial charge in [0.15, 0.2) is 0 Å². The molecular formula is C19H25NO. The molecule has 2 N–H and O–H groups in total. The van der Waals surface area contributed by atoms with E-state index in [4.69, 9.17) is 10.5 Å². The molecule has 0 fully saturated rings. The average Bonchev–Trinajstić information content (AvgIpc) is 2.49. The van der Waals surface area contributed by atoms with Crippen LogP contribution < -0.4 is 10.5 Å². The maximum atomic E-state index is 5.99. The first-order chi connectivity index (χ1) is 10.0. The fourth-order valence-electron chi connectivity index (χ4n) is 2.39. The lowest BCUT2D eigenvalue weighted by Crippen LogP contribution is -2.08. The van der Waals surface area contributed by atoms with Crippen molar-refractivity contribution in [1.82, 2.24) is 0 Å². The van der Waals surface area contributed by atoms with Crippen molar-refractivity contribution in [2.45, 2.75) is 40.2 Å². The minimum atomic E-state index is 0.404. The molecule has 0 heterocycles. The molecule has 0 spiro atoms. The molecule has 0 amide bonds. The number of rotatable bonds is 5. The van der Waals surface area contributed by atoms with E-state index in [0.717, 1.165) is 5.75 Å². The van der Waals surface area contributed by atoms with Gasteiger partial charge in [-0.25, -0.2) is 0 Å². The van der Waals surface area contributed by atoms with Crippen LogP contribution in [0, 0.1) is 20.8 Å². The minimum Gasteiger partial charge on any atom is -0.489 e. The number of benzene rings is 2. The number of aryl methyl sites for hydroxylation is 2. The fraction of sp³-hybridized carbons (Fsp3) is 0.368. The summed E-state index contributed by atoms with van der Waals surface area (Å²) in [4.78, 5) is 0. The molecule has 0 saturated heterocycles. The topological polar surface area (TPSA) is 35.2 Å². The molecule has 0 aliphatic rings. The Morgan fingerprint density at radius 2 is 1.71 bits per heavy atom. The highest BCUT2D eigenvalue weighted by Crippen LogP contribution is 2.24. The minimum absolute atomic E-state index is 0.404. The zero-order valence-corrected chi connectivity index (χ0v) is 13.4. The van der Waals surface area contributed by atoms with Gasteiger partial charge >= 0.3 is 0 Å². The number of hydrogen-bond acceptors (Lipinski definition) is 2. The molecule has 0 saturated carbocycles. The third kappa shape index (κ3) is 3.85. The first-order valence-electron chi connectivity index (χ1n) is 7.50. The third-order valence-electron chi connectivity index (χ3n) is 4.06. The van der Waals surface area contributed by atoms with E-state index in [0.29, 0.717) is 19.1 Å². The van der Waals surface area contributed by atoms with E-state index >= 15 is 0 Å². The van der Waals surface area contributed by atoms with Crippen molar-refractivity contribution in [1.29, 1.82) is 0 Å². The molecule has 1 unspecified atom stereocenters. The van der Waals surface area contributed by atoms with Crippen LogP contribution in [0.4, 0.5) is 0 Å². The van der Waals surface area contributed by atoms with E-state index in [2.05, 4.69) is 64.1 Å². The van der Waals surface area contributed by atoms with Crippen LogP contribution in [-0.4, -0.2) is 6.54 Å². The van der Waals surface area contributed by atoms with Gasteiger partial charge in [-0.1, -0.05) is 37.3 Å². The third-order valence-corrected chi connectivity index (χ3v) is 4.06. The normalized spacial score (nSPS) is 12.2. The molecule has 1 atom stereocenters. The molecule has 0 radical (unpaired) electrons. The van der Waals surface area contributed by atoms with Crippen LogP contribution >= 0.6 is 0 Å². The second kappa shape index (κ2) is 6.77. The molecule has 112 valence electrons. The van der Waals surface area contributed by atoms with Crippen molar-refractivity contribution < 1.29 is 4.74 Å². The van der Waals surface area contributed by atoms with E-state index in [1.165, 1.54) is 27.8 Å². The highest BCUT2D eigenvalue weighted by Gasteiger charge is 2.06. The second-order valence-electron chi connectivity index (χ2n) is 5.87. The van der Waals surface area contributed by atoms with Gasteiger partial charge in [0.1, 0.15) is 12.4 Å². The van der Waals surface area contributed by atoms with Crippen LogP contribution in [0.15, 0.2) is 36.4 Å². The van der Waals surface area contributed by atoms with E-state index in [-0.39, 0.29) is 0 Å². The quantitative estimate of drug-likeness (QED) is 0.890. The molecule has 2 aromatic carbocycles. The SMILES string of the molecule is Cc1cc(C)c(C)c(OCc2ccc(C(C)CN)cc2)c1. The first-order valence-corrected chi connectivity index (χ1v) is 7.50. The van der Waals surface area contributed by atoms with Crippen LogP contribution in [0.25, 0.3) is 0 Å². The summed E-state index contributed by atoms with van der Waals surface area (Å²) in [5, 5.41) is 0. The van der Waals surface area contributed by atoms with Crippen molar-refractivity contribution in [2.24, 2.45) is 5.73 Å². The van der Waals surface area contributed by atoms with Crippen molar-refractivity contribution in [2.75, 3.05) is 6.54 Å². The zero-order valence-electron chi connectivity index (χ0n) is 13.4. The largest absolute Gasteiger partial charge is 0.489 e. The van der Waals surface area contributed by atoms with Crippen molar-refractivity contribution in [3.8, 4) is 5.75 Å². The van der Waals surface area contributed by atoms with Crippen molar-refractivity contribution in [3.05, 3.63) is 64.2 Å². The molecule has 21 heavy (non-hydrogen) atoms. The Bertz CT molecular complexity index is 602. The Hall–Kier alpha value is -1.80. The van der Waals surface area contributed by atoms with E-state index in [9.17, 15) is 0 Å². The van der Waals surface area contributed by atoms with Crippen LogP contribution in [0.2, 0.25) is 0 Å². The monoisotopic (exact) mass is 283 g/mol. The summed E-state index contributed by atoms with van der Waals surface area (Å²) in [6.07, 6.45) is 0. The predicted molar refractivity (Wildman–Crippen MR) is 88.9 cm³/mol. The Kier molecular flexibility index (Phi) is 5.03. The van der Waals surface area contributed by atoms with Gasteiger partial charge in [-0.3, -0.25) is 0 Å². The van der Waals surface area contributed by atoms with Gasteiger partial charge in [0.25, 0.3) is 0 Å². The smallest absolute Gasteiger partial charge is 0.123 e. The van der Waals surface area contributed by atoms with Crippen molar-refractivity contribution in [3.63, 3.8) is 0 Å². The molecule has 0 aromatic heterocycles. The van der Waals surface area contributed by atoms with Gasteiger partial charge in [-0.15, -0.1) is 0 Å². The Morgan fingerprint density at radius 3 is 2.33 bits per heavy atom. The molecule has 2 heteroatoms. The number of hydrogen-bond donors (Lipinski definition) is 1. The standard InChI is InChI=1S/C19H25NO/c1-13-9-14(2)16(4)19(10-13)21-12-17-5-7-18(8-6-17)15(3)11-20/h5-10,15H,11-12,20H2,1-4H3. The van der Waals surface area contributed by atoms with E-state index in [1.807, 2.05) is 0 Å². The first kappa shape index (κ1) is 15.6. The second-order valence-corrected chi connectivity index (χ2v) is 5.87. The molecule has 2 nitrogen and oxygen atoms in total. The molecule has 0 bridgehead atoms. The molecule has 2 aromatic rings. The number of ether oxygens (including phenoxy) is 1. The molecule has 0 aliphatic heterocycles. The van der Waals surface area contributed by atoms with Crippen LogP contribution in [0.3, 0.4) is 0 Å². The van der Waals surface area contributed by atoms with Crippen LogP contribution in [-0.2, 0) is 6.61 Å². The lowest BCUT2D eigenvalue weighted by Gasteiger charge is -2.13. The Labute approximate surface area is 127 Å². The predicted octanol–water partition coefficient (Wildman–Crippen LogP) is 4.25. The van der Waals surface area contributed by atoms with Gasteiger partial charge < -0.3 is 10.5 Å². The molecule has 0 aliphatic carbocycles. The highest BCUT2D eigenvalue weighted by atomic mass is 16.5. The zero-order chi connectivity index (χ0) is 15.4. The molecular weight excluding hydrogens is 258 g/mol. The Balaban J connectivity index is 2.06. The van der Waals surface area contributed by atoms with Gasteiger partial charge in [0.2, 0.25) is 0 Å². The maximum Gasteiger partial charge on any atom is 0.123 e. The fourth-order valence-corrected chi connectivity index (χ4v) is 2.39. The van der Waals surface area contributed by atoms with Gasteiger partial charge in [-0.05, 0) is 67.1 Å². The van der Waals surface area contributed by atoms with Gasteiger partial charge in [0.05, 0.1) is 0 Å². The summed E-state index contributed by atoms with van der Waals surface area (Å²) >= 11 is 0. The average molecular weight is 283 g/mol. The molecule has 2 rings (SSSR count). The summed E-state index contributed by atoms with van der Waals surface area (Å²) in [6.45, 7) is 9.75. The van der Waals surface area contributed by atoms with Gasteiger partial charge in [0, 0.05) is 0 Å². The lowest BCUT2D eigenvalue weighted by molar-refractivity contribution is 0.303. The maximum absolute atomic E-state index is 5.99. The summed E-state index contributed by atoms with van der Waals surface area (Å²) in [7, 11) is 0. The highest BCUT2D eigenvalue weighted by molar-refractivity contribution is 5.42. The summed E-state index contributed by atoms with van der Waals surface area (Å²) in [5.74, 6) is 1.38. The van der Waals surface area contributed by atoms with Crippen LogP contribution in [0.1, 0.15) is 40.7 Å². The Morgan fingerprint density at radius 1 is 1.05 bits per heavy atom. The summed E-state index contributed by atoms with van der Waals surface area (Å²) in [6, 6.07) is 12.8. The van der Waals surface area contributed by atoms with E-state index in [1.54, 1.807) is 0 Å². The van der Waals surface area contributed by atoms with Crippen molar-refractivity contribution >= 4 is 0 Å². The number of nitrogens with two attached hydrogens (primary N) is 1. The van der Waals surface area contributed by atoms with Gasteiger partial charge in [-0.2, -0.15) is 0 Å². The van der Waals surface area contributed by atoms with E-state index < -0.39 is 0 Å². The van der Waals surface area contributed by atoms with Crippen LogP contribution in [0.5, 0.6) is 5.75 Å².